The molecular formula is C19H25N3O4S. The molecule has 8 heteroatoms. The highest BCUT2D eigenvalue weighted by atomic mass is 32.2. The number of carbonyl (C=O) groups is 1. The van der Waals surface area contributed by atoms with Crippen LogP contribution in [0.5, 0.6) is 11.5 Å². The lowest BCUT2D eigenvalue weighted by Gasteiger charge is -2.29. The van der Waals surface area contributed by atoms with Crippen LogP contribution in [0.15, 0.2) is 27.8 Å². The quantitative estimate of drug-likeness (QED) is 0.722. The minimum atomic E-state index is 0.000489. The fraction of sp³-hybridized carbons (Fsp3) is 0.526. The van der Waals surface area contributed by atoms with Gasteiger partial charge in [0.25, 0.3) is 11.1 Å². The van der Waals surface area contributed by atoms with Crippen LogP contribution in [0, 0.1) is 5.92 Å². The molecule has 0 spiro atoms. The molecule has 1 N–H and O–H groups in total. The maximum Gasteiger partial charge on any atom is 0.277 e. The molecule has 1 saturated carbocycles. The van der Waals surface area contributed by atoms with Gasteiger partial charge in [-0.05, 0) is 30.9 Å². The van der Waals surface area contributed by atoms with E-state index >= 15 is 0 Å². The van der Waals surface area contributed by atoms with Crippen molar-refractivity contribution in [2.75, 3.05) is 20.0 Å². The van der Waals surface area contributed by atoms with Crippen molar-refractivity contribution in [1.82, 2.24) is 15.5 Å². The van der Waals surface area contributed by atoms with Crippen LogP contribution in [0.3, 0.4) is 0 Å². The van der Waals surface area contributed by atoms with Crippen molar-refractivity contribution < 1.29 is 18.7 Å². The van der Waals surface area contributed by atoms with Gasteiger partial charge in [0.1, 0.15) is 11.5 Å². The first-order valence-electron chi connectivity index (χ1n) is 9.08. The highest BCUT2D eigenvalue weighted by molar-refractivity contribution is 7.99. The molecule has 1 aliphatic rings. The van der Waals surface area contributed by atoms with Crippen LogP contribution in [-0.4, -0.2) is 42.1 Å². The molecule has 1 aromatic carbocycles. The number of methoxy groups -OCH3 is 2. The molecule has 27 heavy (non-hydrogen) atoms. The number of hydrogen-bond donors (Lipinski definition) is 1. The second-order valence-corrected chi connectivity index (χ2v) is 7.59. The number of hydrogen-bond acceptors (Lipinski definition) is 7. The molecular weight excluding hydrogens is 366 g/mol. The number of nitrogens with one attached hydrogen (secondary N) is 1. The molecule has 0 aliphatic heterocycles. The van der Waals surface area contributed by atoms with Crippen LogP contribution in [0.25, 0.3) is 11.5 Å². The van der Waals surface area contributed by atoms with Crippen LogP contribution in [0.1, 0.15) is 32.6 Å². The highest BCUT2D eigenvalue weighted by Crippen LogP contribution is 2.33. The third kappa shape index (κ3) is 4.94. The van der Waals surface area contributed by atoms with E-state index in [0.717, 1.165) is 6.42 Å². The maximum atomic E-state index is 12.2. The zero-order valence-electron chi connectivity index (χ0n) is 15.9. The molecule has 2 aromatic rings. The van der Waals surface area contributed by atoms with Gasteiger partial charge in [0.15, 0.2) is 0 Å². The Hall–Kier alpha value is -2.22. The average molecular weight is 391 g/mol. The van der Waals surface area contributed by atoms with Gasteiger partial charge in [-0.1, -0.05) is 31.5 Å². The van der Waals surface area contributed by atoms with E-state index in [1.165, 1.54) is 31.0 Å². The molecule has 1 amide bonds. The number of ether oxygens (including phenoxy) is 2. The molecule has 3 rings (SSSR count). The Labute approximate surface area is 163 Å². The monoisotopic (exact) mass is 391 g/mol. The van der Waals surface area contributed by atoms with Crippen LogP contribution < -0.4 is 14.8 Å². The van der Waals surface area contributed by atoms with Crippen LogP contribution in [0.2, 0.25) is 0 Å². The fourth-order valence-electron chi connectivity index (χ4n) is 3.26. The van der Waals surface area contributed by atoms with Gasteiger partial charge < -0.3 is 19.2 Å². The molecule has 2 atom stereocenters. The van der Waals surface area contributed by atoms with Crippen molar-refractivity contribution in [2.45, 2.75) is 43.9 Å². The second kappa shape index (κ2) is 9.12. The van der Waals surface area contributed by atoms with Gasteiger partial charge in [0.2, 0.25) is 5.91 Å². The SMILES string of the molecule is COc1ccc(-c2nnc(SCC(=O)N[C@H]3CCCC[C@@H]3C)o2)c(OC)c1. The summed E-state index contributed by atoms with van der Waals surface area (Å²) in [6.07, 6.45) is 4.66. The molecule has 7 nitrogen and oxygen atoms in total. The standard InChI is InChI=1S/C19H25N3O4S/c1-12-6-4-5-7-15(12)20-17(23)11-27-19-22-21-18(26-19)14-9-8-13(24-2)10-16(14)25-3/h8-10,12,15H,4-7,11H2,1-3H3,(H,20,23)/t12-,15-/m0/s1. The van der Waals surface area contributed by atoms with E-state index in [0.29, 0.717) is 34.1 Å². The zero-order valence-corrected chi connectivity index (χ0v) is 16.7. The van der Waals surface area contributed by atoms with Gasteiger partial charge in [-0.25, -0.2) is 0 Å². The summed E-state index contributed by atoms with van der Waals surface area (Å²) in [4.78, 5) is 12.2. The largest absolute Gasteiger partial charge is 0.497 e. The lowest BCUT2D eigenvalue weighted by Crippen LogP contribution is -2.41. The van der Waals surface area contributed by atoms with Gasteiger partial charge >= 0.3 is 0 Å². The molecule has 0 bridgehead atoms. The first kappa shape index (κ1) is 19.5. The van der Waals surface area contributed by atoms with Gasteiger partial charge in [-0.15, -0.1) is 10.2 Å². The van der Waals surface area contributed by atoms with Crippen LogP contribution in [0.4, 0.5) is 0 Å². The van der Waals surface area contributed by atoms with Gasteiger partial charge in [0, 0.05) is 12.1 Å². The Morgan fingerprint density at radius 2 is 2.07 bits per heavy atom. The summed E-state index contributed by atoms with van der Waals surface area (Å²) < 4.78 is 16.2. The molecule has 1 heterocycles. The number of aromatic nitrogens is 2. The van der Waals surface area contributed by atoms with Gasteiger partial charge in [0.05, 0.1) is 25.5 Å². The van der Waals surface area contributed by atoms with E-state index in [9.17, 15) is 4.79 Å². The predicted molar refractivity (Wildman–Crippen MR) is 103 cm³/mol. The van der Waals surface area contributed by atoms with Crippen molar-refractivity contribution >= 4 is 17.7 Å². The van der Waals surface area contributed by atoms with Crippen molar-refractivity contribution in [3.05, 3.63) is 18.2 Å². The first-order valence-corrected chi connectivity index (χ1v) is 10.1. The summed E-state index contributed by atoms with van der Waals surface area (Å²) in [7, 11) is 3.16. The van der Waals surface area contributed by atoms with Crippen molar-refractivity contribution in [3.63, 3.8) is 0 Å². The summed E-state index contributed by atoms with van der Waals surface area (Å²) in [6.45, 7) is 2.20. The average Bonchev–Trinajstić information content (AvgIpc) is 3.16. The number of nitrogens with zero attached hydrogens (tertiary/aromatic N) is 2. The lowest BCUT2D eigenvalue weighted by molar-refractivity contribution is -0.119. The van der Waals surface area contributed by atoms with Gasteiger partial charge in [-0.3, -0.25) is 4.79 Å². The highest BCUT2D eigenvalue weighted by Gasteiger charge is 2.23. The number of rotatable bonds is 7. The van der Waals surface area contributed by atoms with E-state index in [2.05, 4.69) is 22.4 Å². The smallest absolute Gasteiger partial charge is 0.277 e. The minimum Gasteiger partial charge on any atom is -0.497 e. The van der Waals surface area contributed by atoms with E-state index in [1.54, 1.807) is 32.4 Å². The Morgan fingerprint density at radius 3 is 2.81 bits per heavy atom. The van der Waals surface area contributed by atoms with Gasteiger partial charge in [-0.2, -0.15) is 0 Å². The van der Waals surface area contributed by atoms with E-state index < -0.39 is 0 Å². The molecule has 146 valence electrons. The van der Waals surface area contributed by atoms with Crippen molar-refractivity contribution in [3.8, 4) is 23.0 Å². The third-order valence-electron chi connectivity index (χ3n) is 4.83. The van der Waals surface area contributed by atoms with E-state index in [-0.39, 0.29) is 17.7 Å². The second-order valence-electron chi connectivity index (χ2n) is 6.66. The van der Waals surface area contributed by atoms with E-state index in [1.807, 2.05) is 0 Å². The summed E-state index contributed by atoms with van der Waals surface area (Å²) in [5, 5.41) is 11.6. The fourth-order valence-corrected chi connectivity index (χ4v) is 3.83. The number of carbonyl (C=O) groups excluding carboxylic acids is 1. The molecule has 1 aliphatic carbocycles. The minimum absolute atomic E-state index is 0.000489. The molecule has 1 fully saturated rings. The predicted octanol–water partition coefficient (Wildman–Crippen LogP) is 3.54. The first-order chi connectivity index (χ1) is 13.1. The molecule has 0 unspecified atom stereocenters. The topological polar surface area (TPSA) is 86.5 Å². The summed E-state index contributed by atoms with van der Waals surface area (Å²) in [5.41, 5.74) is 0.679. The van der Waals surface area contributed by atoms with Crippen molar-refractivity contribution in [1.29, 1.82) is 0 Å². The number of amides is 1. The zero-order chi connectivity index (χ0) is 19.2. The summed E-state index contributed by atoms with van der Waals surface area (Å²) in [5.74, 6) is 2.39. The Balaban J connectivity index is 1.59. The maximum absolute atomic E-state index is 12.2. The van der Waals surface area contributed by atoms with Crippen LogP contribution in [-0.2, 0) is 4.79 Å². The van der Waals surface area contributed by atoms with Crippen LogP contribution >= 0.6 is 11.8 Å². The summed E-state index contributed by atoms with van der Waals surface area (Å²) >= 11 is 1.24. The molecule has 0 saturated heterocycles. The third-order valence-corrected chi connectivity index (χ3v) is 5.65. The summed E-state index contributed by atoms with van der Waals surface area (Å²) in [6, 6.07) is 5.63. The number of benzene rings is 1. The van der Waals surface area contributed by atoms with Crippen molar-refractivity contribution in [2.24, 2.45) is 5.92 Å². The Morgan fingerprint density at radius 1 is 1.26 bits per heavy atom. The number of thioether (sulfide) groups is 1. The Bertz CT molecular complexity index is 780. The Kier molecular flexibility index (Phi) is 6.60. The normalized spacial score (nSPS) is 19.5. The van der Waals surface area contributed by atoms with E-state index in [4.69, 9.17) is 13.9 Å². The molecule has 0 radical (unpaired) electrons. The molecule has 1 aromatic heterocycles. The lowest BCUT2D eigenvalue weighted by atomic mass is 9.86.